The molecule has 0 saturated carbocycles. The topological polar surface area (TPSA) is 82.7 Å². The first-order valence-corrected chi connectivity index (χ1v) is 20.5. The molecule has 2 aromatic carbocycles. The van der Waals surface area contributed by atoms with Gasteiger partial charge in [-0.05, 0) is 93.0 Å². The molecule has 1 saturated heterocycles. The van der Waals surface area contributed by atoms with Gasteiger partial charge < -0.3 is 25.6 Å². The summed E-state index contributed by atoms with van der Waals surface area (Å²) in [7, 11) is 0. The Bertz CT molecular complexity index is 1730. The number of halogens is 1. The van der Waals surface area contributed by atoms with Crippen molar-refractivity contribution < 1.29 is 18.7 Å². The lowest BCUT2D eigenvalue weighted by Gasteiger charge is -2.25. The third-order valence-corrected chi connectivity index (χ3v) is 10.0. The maximum atomic E-state index is 16.0. The largest absolute Gasteiger partial charge is 0.385 e. The Morgan fingerprint density at radius 2 is 1.67 bits per heavy atom. The summed E-state index contributed by atoms with van der Waals surface area (Å²) < 4.78 is 21.1. The van der Waals surface area contributed by atoms with Gasteiger partial charge in [-0.3, -0.25) is 9.59 Å². The van der Waals surface area contributed by atoms with E-state index in [2.05, 4.69) is 61.2 Å². The van der Waals surface area contributed by atoms with Crippen molar-refractivity contribution >= 4 is 11.6 Å². The SMILES string of the molecule is C=C(NCC)/C(=C/C)C(=O)C1=CC(F)=C(NCCCC)C(Cc2cc3c(cc2C)-c2ccccc2C3=O)=CC1C.CCCOCCC.CCN1CCNCC1. The van der Waals surface area contributed by atoms with Gasteiger partial charge in [0.25, 0.3) is 0 Å². The summed E-state index contributed by atoms with van der Waals surface area (Å²) in [6, 6.07) is 11.7. The number of Topliss-reactive ketones (excluding diaryl/α,β-unsaturated/α-hetero) is 1. The van der Waals surface area contributed by atoms with E-state index >= 15 is 4.39 Å². The Kier molecular flexibility index (Phi) is 19.5. The Morgan fingerprint density at radius 3 is 2.25 bits per heavy atom. The van der Waals surface area contributed by atoms with E-state index in [0.29, 0.717) is 47.6 Å². The fraction of sp³-hybridized carbons (Fsp3) is 0.489. The minimum atomic E-state index is -0.457. The average molecular weight is 755 g/mol. The monoisotopic (exact) mass is 755 g/mol. The zero-order valence-corrected chi connectivity index (χ0v) is 34.9. The number of ketones is 2. The van der Waals surface area contributed by atoms with Crippen molar-refractivity contribution in [3.05, 3.63) is 117 Å². The highest BCUT2D eigenvalue weighted by molar-refractivity contribution is 6.21. The number of carbonyl (C=O) groups is 2. The molecule has 3 aliphatic rings. The average Bonchev–Trinajstić information content (AvgIpc) is 3.39. The third kappa shape index (κ3) is 12.7. The second-order valence-electron chi connectivity index (χ2n) is 14.3. The number of likely N-dealkylation sites (N-methyl/N-ethyl adjacent to an activating group) is 2. The molecule has 0 bridgehead atoms. The molecule has 0 spiro atoms. The highest BCUT2D eigenvalue weighted by atomic mass is 19.1. The van der Waals surface area contributed by atoms with Crippen LogP contribution in [0.4, 0.5) is 4.39 Å². The van der Waals surface area contributed by atoms with Crippen LogP contribution in [0.15, 0.2) is 95.1 Å². The number of nitrogens with one attached hydrogen (secondary N) is 3. The number of piperazine rings is 1. The van der Waals surface area contributed by atoms with Crippen molar-refractivity contribution in [2.75, 3.05) is 59.0 Å². The van der Waals surface area contributed by atoms with E-state index in [-0.39, 0.29) is 17.5 Å². The van der Waals surface area contributed by atoms with Gasteiger partial charge in [0.15, 0.2) is 11.6 Å². The molecule has 1 unspecified atom stereocenters. The van der Waals surface area contributed by atoms with E-state index in [1.807, 2.05) is 57.2 Å². The Morgan fingerprint density at radius 1 is 1.00 bits per heavy atom. The fourth-order valence-corrected chi connectivity index (χ4v) is 6.92. The van der Waals surface area contributed by atoms with Crippen molar-refractivity contribution in [2.45, 2.75) is 87.5 Å². The summed E-state index contributed by atoms with van der Waals surface area (Å²) >= 11 is 0. The lowest BCUT2D eigenvalue weighted by atomic mass is 9.89. The van der Waals surface area contributed by atoms with Gasteiger partial charge in [-0.2, -0.15) is 0 Å². The molecule has 7 nitrogen and oxygen atoms in total. The van der Waals surface area contributed by atoms with Crippen molar-refractivity contribution in [1.82, 2.24) is 20.9 Å². The Balaban J connectivity index is 0.000000451. The zero-order valence-electron chi connectivity index (χ0n) is 34.9. The first-order valence-electron chi connectivity index (χ1n) is 20.5. The van der Waals surface area contributed by atoms with Gasteiger partial charge in [0.1, 0.15) is 5.83 Å². The highest BCUT2D eigenvalue weighted by Gasteiger charge is 2.29. The molecular formula is C47H67FN4O3. The lowest BCUT2D eigenvalue weighted by molar-refractivity contribution is -0.112. The quantitative estimate of drug-likeness (QED) is 0.0765. The van der Waals surface area contributed by atoms with Gasteiger partial charge in [0.2, 0.25) is 0 Å². The molecule has 3 N–H and O–H groups in total. The molecule has 1 atom stereocenters. The van der Waals surface area contributed by atoms with Crippen LogP contribution < -0.4 is 16.0 Å². The molecule has 1 aliphatic heterocycles. The number of unbranched alkanes of at least 4 members (excludes halogenated alkanes) is 1. The summed E-state index contributed by atoms with van der Waals surface area (Å²) in [5.41, 5.74) is 7.84. The third-order valence-electron chi connectivity index (χ3n) is 10.0. The molecule has 0 amide bonds. The molecule has 300 valence electrons. The summed E-state index contributed by atoms with van der Waals surface area (Å²) in [6.45, 7) is 29.4. The summed E-state index contributed by atoms with van der Waals surface area (Å²) in [5.74, 6) is -1.00. The second kappa shape index (κ2) is 23.7. The number of allylic oxidation sites excluding steroid dienone is 7. The van der Waals surface area contributed by atoms with E-state index in [9.17, 15) is 9.59 Å². The summed E-state index contributed by atoms with van der Waals surface area (Å²) in [4.78, 5) is 29.2. The van der Waals surface area contributed by atoms with Crippen LogP contribution in [-0.2, 0) is 16.0 Å². The van der Waals surface area contributed by atoms with Crippen molar-refractivity contribution in [3.8, 4) is 11.1 Å². The summed E-state index contributed by atoms with van der Waals surface area (Å²) in [5, 5.41) is 9.73. The zero-order chi connectivity index (χ0) is 40.3. The van der Waals surface area contributed by atoms with E-state index in [1.165, 1.54) is 38.8 Å². The van der Waals surface area contributed by atoms with Gasteiger partial charge in [-0.15, -0.1) is 0 Å². The first kappa shape index (κ1) is 45.3. The number of hydrogen-bond acceptors (Lipinski definition) is 7. The van der Waals surface area contributed by atoms with Gasteiger partial charge in [0, 0.05) is 86.4 Å². The first-order chi connectivity index (χ1) is 26.6. The Hall–Kier alpha value is -4.11. The fourth-order valence-electron chi connectivity index (χ4n) is 6.92. The van der Waals surface area contributed by atoms with E-state index in [0.717, 1.165) is 72.3 Å². The molecule has 55 heavy (non-hydrogen) atoms. The predicted octanol–water partition coefficient (Wildman–Crippen LogP) is 9.20. The molecular weight excluding hydrogens is 688 g/mol. The predicted molar refractivity (Wildman–Crippen MR) is 228 cm³/mol. The number of carbonyl (C=O) groups excluding carboxylic acids is 2. The molecule has 1 heterocycles. The number of fused-ring (bicyclic) bond motifs is 3. The van der Waals surface area contributed by atoms with Gasteiger partial charge in [-0.25, -0.2) is 4.39 Å². The lowest BCUT2D eigenvalue weighted by Crippen LogP contribution is -2.43. The molecule has 2 aliphatic carbocycles. The van der Waals surface area contributed by atoms with Crippen molar-refractivity contribution in [3.63, 3.8) is 0 Å². The second-order valence-corrected chi connectivity index (χ2v) is 14.3. The number of rotatable bonds is 16. The normalized spacial score (nSPS) is 16.7. The van der Waals surface area contributed by atoms with Crippen molar-refractivity contribution in [2.24, 2.45) is 5.92 Å². The molecule has 8 heteroatoms. The minimum Gasteiger partial charge on any atom is -0.385 e. The van der Waals surface area contributed by atoms with Crippen molar-refractivity contribution in [1.29, 1.82) is 0 Å². The molecule has 5 rings (SSSR count). The van der Waals surface area contributed by atoms with Gasteiger partial charge in [0.05, 0.1) is 5.70 Å². The van der Waals surface area contributed by atoms with Crippen LogP contribution in [0.2, 0.25) is 0 Å². The molecule has 2 aromatic rings. The van der Waals surface area contributed by atoms with Gasteiger partial charge >= 0.3 is 0 Å². The summed E-state index contributed by atoms with van der Waals surface area (Å²) in [6.07, 6.45) is 9.66. The molecule has 1 fully saturated rings. The maximum Gasteiger partial charge on any atom is 0.194 e. The number of hydrogen-bond donors (Lipinski definition) is 3. The number of nitrogens with zero attached hydrogens (tertiary/aromatic N) is 1. The van der Waals surface area contributed by atoms with E-state index in [4.69, 9.17) is 4.74 Å². The number of benzene rings is 2. The van der Waals surface area contributed by atoms with Crippen LogP contribution in [0, 0.1) is 12.8 Å². The smallest absolute Gasteiger partial charge is 0.194 e. The molecule has 0 aromatic heterocycles. The van der Waals surface area contributed by atoms with Crippen LogP contribution in [-0.4, -0.2) is 75.5 Å². The maximum absolute atomic E-state index is 16.0. The minimum absolute atomic E-state index is 0.0208. The van der Waals surface area contributed by atoms with Crippen LogP contribution >= 0.6 is 0 Å². The number of aryl methyl sites for hydroxylation is 1. The number of ether oxygens (including phenoxy) is 1. The highest BCUT2D eigenvalue weighted by Crippen LogP contribution is 2.39. The van der Waals surface area contributed by atoms with E-state index in [1.54, 1.807) is 13.0 Å². The van der Waals surface area contributed by atoms with Crippen LogP contribution in [0.1, 0.15) is 101 Å². The van der Waals surface area contributed by atoms with Gasteiger partial charge in [-0.1, -0.05) is 90.1 Å². The van der Waals surface area contributed by atoms with E-state index < -0.39 is 5.83 Å². The van der Waals surface area contributed by atoms with Crippen LogP contribution in [0.3, 0.4) is 0 Å². The van der Waals surface area contributed by atoms with Crippen LogP contribution in [0.5, 0.6) is 0 Å². The van der Waals surface area contributed by atoms with Crippen LogP contribution in [0.25, 0.3) is 11.1 Å². The molecule has 0 radical (unpaired) electrons. The Labute approximate surface area is 331 Å². The standard InChI is InChI=1S/C35H39FN2O2.C6H14N2.C6H14O/c1-7-10-15-38-33-25(16-22(5)29(20-32(33)36)34(39)26(8-2)23(6)37-9-3)18-24-19-31-30(17-21(24)4)27-13-11-12-14-28(27)35(31)40;1-2-8-5-3-7-4-6-8;1-3-5-7-6-4-2/h8,11-14,16-17,19-20,22,37-38H,6-7,9-10,15,18H2,1-5H3;7H,2-6H2,1H3;3-6H2,1-2H3/b26-8-;;.